The summed E-state index contributed by atoms with van der Waals surface area (Å²) in [4.78, 5) is 21.4. The van der Waals surface area contributed by atoms with Crippen molar-refractivity contribution in [1.82, 2.24) is 5.32 Å². The van der Waals surface area contributed by atoms with Crippen LogP contribution in [0.1, 0.15) is 18.1 Å². The van der Waals surface area contributed by atoms with Gasteiger partial charge in [-0.1, -0.05) is 31.2 Å². The molecule has 90 valence electrons. The average molecular weight is 233 g/mol. The predicted molar refractivity (Wildman–Crippen MR) is 64.4 cm³/mol. The van der Waals surface area contributed by atoms with E-state index >= 15 is 0 Å². The van der Waals surface area contributed by atoms with Crippen molar-refractivity contribution in [2.45, 2.75) is 19.9 Å². The van der Waals surface area contributed by atoms with Crippen LogP contribution in [0.5, 0.6) is 0 Å². The molecule has 0 saturated heterocycles. The Morgan fingerprint density at radius 2 is 1.76 bits per heavy atom. The molecule has 0 aliphatic heterocycles. The molecule has 1 aromatic rings. The largest absolute Gasteiger partial charge is 0.478 e. The van der Waals surface area contributed by atoms with Crippen LogP contribution in [0.15, 0.2) is 36.4 Å². The molecular weight excluding hydrogens is 218 g/mol. The molecule has 0 unspecified atom stereocenters. The molecule has 0 atom stereocenters. The maximum atomic E-state index is 11.2. The van der Waals surface area contributed by atoms with E-state index in [1.165, 1.54) is 5.56 Å². The van der Waals surface area contributed by atoms with E-state index in [0.29, 0.717) is 6.54 Å². The van der Waals surface area contributed by atoms with E-state index in [1.807, 2.05) is 24.3 Å². The number of rotatable bonds is 5. The molecule has 0 radical (unpaired) electrons. The Labute approximate surface area is 100.0 Å². The van der Waals surface area contributed by atoms with Gasteiger partial charge in [0, 0.05) is 18.7 Å². The van der Waals surface area contributed by atoms with E-state index in [1.54, 1.807) is 0 Å². The number of amides is 1. The SMILES string of the molecule is CCc1ccc(CNC(=O)/C=C/C(=O)O)cc1. The predicted octanol–water partition coefficient (Wildman–Crippen LogP) is 1.51. The second-order valence-corrected chi connectivity index (χ2v) is 3.56. The van der Waals surface area contributed by atoms with Crippen LogP contribution in [-0.2, 0) is 22.6 Å². The number of hydrogen-bond acceptors (Lipinski definition) is 2. The number of carbonyl (C=O) groups excluding carboxylic acids is 1. The summed E-state index contributed by atoms with van der Waals surface area (Å²) in [7, 11) is 0. The van der Waals surface area contributed by atoms with Gasteiger partial charge in [0.1, 0.15) is 0 Å². The quantitative estimate of drug-likeness (QED) is 0.757. The van der Waals surface area contributed by atoms with Gasteiger partial charge < -0.3 is 10.4 Å². The van der Waals surface area contributed by atoms with Gasteiger partial charge in [-0.15, -0.1) is 0 Å². The highest BCUT2D eigenvalue weighted by atomic mass is 16.4. The normalized spacial score (nSPS) is 10.4. The van der Waals surface area contributed by atoms with Crippen LogP contribution in [0.3, 0.4) is 0 Å². The first-order valence-corrected chi connectivity index (χ1v) is 5.38. The lowest BCUT2D eigenvalue weighted by Gasteiger charge is -2.03. The smallest absolute Gasteiger partial charge is 0.328 e. The Morgan fingerprint density at radius 3 is 2.29 bits per heavy atom. The number of carboxylic acids is 1. The lowest BCUT2D eigenvalue weighted by Crippen LogP contribution is -2.20. The van der Waals surface area contributed by atoms with Gasteiger partial charge >= 0.3 is 5.97 Å². The molecule has 0 heterocycles. The van der Waals surface area contributed by atoms with Gasteiger partial charge in [0.25, 0.3) is 0 Å². The third kappa shape index (κ3) is 4.97. The highest BCUT2D eigenvalue weighted by Gasteiger charge is 1.98. The summed E-state index contributed by atoms with van der Waals surface area (Å²) >= 11 is 0. The molecule has 0 spiro atoms. The summed E-state index contributed by atoms with van der Waals surface area (Å²) in [6, 6.07) is 7.91. The number of carbonyl (C=O) groups is 2. The van der Waals surface area contributed by atoms with E-state index in [2.05, 4.69) is 12.2 Å². The monoisotopic (exact) mass is 233 g/mol. The number of benzene rings is 1. The van der Waals surface area contributed by atoms with Crippen LogP contribution in [0.4, 0.5) is 0 Å². The van der Waals surface area contributed by atoms with Crippen LogP contribution >= 0.6 is 0 Å². The Kier molecular flexibility index (Phi) is 4.94. The maximum Gasteiger partial charge on any atom is 0.328 e. The summed E-state index contributed by atoms with van der Waals surface area (Å²) in [6.07, 6.45) is 2.80. The molecule has 1 amide bonds. The van der Waals surface area contributed by atoms with Crippen molar-refractivity contribution in [2.75, 3.05) is 0 Å². The van der Waals surface area contributed by atoms with E-state index in [-0.39, 0.29) is 0 Å². The number of aliphatic carboxylic acids is 1. The van der Waals surface area contributed by atoms with Crippen LogP contribution in [0, 0.1) is 0 Å². The molecule has 0 saturated carbocycles. The number of nitrogens with one attached hydrogen (secondary N) is 1. The van der Waals surface area contributed by atoms with Crippen molar-refractivity contribution in [3.8, 4) is 0 Å². The van der Waals surface area contributed by atoms with E-state index < -0.39 is 11.9 Å². The summed E-state index contributed by atoms with van der Waals surface area (Å²) in [6.45, 7) is 2.47. The van der Waals surface area contributed by atoms with E-state index in [9.17, 15) is 9.59 Å². The topological polar surface area (TPSA) is 66.4 Å². The zero-order valence-electron chi connectivity index (χ0n) is 9.64. The minimum absolute atomic E-state index is 0.396. The Balaban J connectivity index is 2.44. The van der Waals surface area contributed by atoms with Gasteiger partial charge in [0.2, 0.25) is 5.91 Å². The van der Waals surface area contributed by atoms with Crippen LogP contribution in [0.25, 0.3) is 0 Å². The summed E-state index contributed by atoms with van der Waals surface area (Å²) < 4.78 is 0. The lowest BCUT2D eigenvalue weighted by molar-refractivity contribution is -0.131. The van der Waals surface area contributed by atoms with E-state index in [0.717, 1.165) is 24.1 Å². The van der Waals surface area contributed by atoms with Gasteiger partial charge in [0.05, 0.1) is 0 Å². The Morgan fingerprint density at radius 1 is 1.18 bits per heavy atom. The molecule has 1 aromatic carbocycles. The number of aryl methyl sites for hydroxylation is 1. The standard InChI is InChI=1S/C13H15NO3/c1-2-10-3-5-11(6-4-10)9-14-12(15)7-8-13(16)17/h3-8H,2,9H2,1H3,(H,14,15)(H,16,17)/b8-7+. The van der Waals surface area contributed by atoms with Crippen molar-refractivity contribution in [3.05, 3.63) is 47.5 Å². The highest BCUT2D eigenvalue weighted by molar-refractivity contribution is 5.93. The highest BCUT2D eigenvalue weighted by Crippen LogP contribution is 2.04. The zero-order valence-corrected chi connectivity index (χ0v) is 9.64. The first-order chi connectivity index (χ1) is 8.11. The fraction of sp³-hybridized carbons (Fsp3) is 0.231. The summed E-state index contributed by atoms with van der Waals surface area (Å²) in [5.74, 6) is -1.54. The second-order valence-electron chi connectivity index (χ2n) is 3.56. The molecule has 4 heteroatoms. The van der Waals surface area contributed by atoms with Gasteiger partial charge in [-0.25, -0.2) is 4.79 Å². The molecule has 0 aliphatic rings. The van der Waals surface area contributed by atoms with Crippen molar-refractivity contribution in [2.24, 2.45) is 0 Å². The molecule has 17 heavy (non-hydrogen) atoms. The fourth-order valence-electron chi connectivity index (χ4n) is 1.29. The molecule has 0 aliphatic carbocycles. The Bertz CT molecular complexity index is 421. The van der Waals surface area contributed by atoms with E-state index in [4.69, 9.17) is 5.11 Å². The Hall–Kier alpha value is -2.10. The zero-order chi connectivity index (χ0) is 12.7. The lowest BCUT2D eigenvalue weighted by atomic mass is 10.1. The number of hydrogen-bond donors (Lipinski definition) is 2. The minimum Gasteiger partial charge on any atom is -0.478 e. The first-order valence-electron chi connectivity index (χ1n) is 5.38. The molecule has 0 bridgehead atoms. The van der Waals surface area contributed by atoms with Gasteiger partial charge in [-0.05, 0) is 17.5 Å². The van der Waals surface area contributed by atoms with Gasteiger partial charge in [-0.2, -0.15) is 0 Å². The maximum absolute atomic E-state index is 11.2. The van der Waals surface area contributed by atoms with Crippen molar-refractivity contribution in [3.63, 3.8) is 0 Å². The molecule has 1 rings (SSSR count). The van der Waals surface area contributed by atoms with Crippen LogP contribution in [0.2, 0.25) is 0 Å². The molecule has 4 nitrogen and oxygen atoms in total. The fourth-order valence-corrected chi connectivity index (χ4v) is 1.29. The third-order valence-corrected chi connectivity index (χ3v) is 2.28. The molecule has 0 fully saturated rings. The second kappa shape index (κ2) is 6.48. The minimum atomic E-state index is -1.13. The molecule has 2 N–H and O–H groups in total. The van der Waals surface area contributed by atoms with Gasteiger partial charge in [0.15, 0.2) is 0 Å². The molecular formula is C13H15NO3. The summed E-state index contributed by atoms with van der Waals surface area (Å²) in [5, 5.41) is 10.9. The van der Waals surface area contributed by atoms with Crippen molar-refractivity contribution < 1.29 is 14.7 Å². The third-order valence-electron chi connectivity index (χ3n) is 2.28. The molecule has 0 aromatic heterocycles. The summed E-state index contributed by atoms with van der Waals surface area (Å²) in [5.41, 5.74) is 2.23. The number of carboxylic acid groups (broad SMARTS) is 1. The van der Waals surface area contributed by atoms with Crippen LogP contribution < -0.4 is 5.32 Å². The average Bonchev–Trinajstić information content (AvgIpc) is 2.34. The van der Waals surface area contributed by atoms with Gasteiger partial charge in [-0.3, -0.25) is 4.79 Å². The van der Waals surface area contributed by atoms with Crippen molar-refractivity contribution >= 4 is 11.9 Å². The first kappa shape index (κ1) is 13.0. The van der Waals surface area contributed by atoms with Crippen molar-refractivity contribution in [1.29, 1.82) is 0 Å². The van der Waals surface area contributed by atoms with Crippen LogP contribution in [-0.4, -0.2) is 17.0 Å².